The Morgan fingerprint density at radius 1 is 0.913 bits per heavy atom. The van der Waals surface area contributed by atoms with E-state index in [-0.39, 0.29) is 18.0 Å². The van der Waals surface area contributed by atoms with Crippen molar-refractivity contribution in [3.63, 3.8) is 0 Å². The van der Waals surface area contributed by atoms with Crippen molar-refractivity contribution in [1.82, 2.24) is 0 Å². The van der Waals surface area contributed by atoms with Crippen LogP contribution in [-0.4, -0.2) is 18.7 Å². The van der Waals surface area contributed by atoms with Gasteiger partial charge in [0.1, 0.15) is 0 Å². The van der Waals surface area contributed by atoms with Crippen LogP contribution >= 0.6 is 0 Å². The van der Waals surface area contributed by atoms with E-state index in [4.69, 9.17) is 9.47 Å². The van der Waals surface area contributed by atoms with E-state index in [9.17, 15) is 4.79 Å². The van der Waals surface area contributed by atoms with E-state index < -0.39 is 0 Å². The van der Waals surface area contributed by atoms with Crippen molar-refractivity contribution in [3.05, 3.63) is 71.8 Å². The van der Waals surface area contributed by atoms with Gasteiger partial charge in [-0.15, -0.1) is 0 Å². The lowest BCUT2D eigenvalue weighted by Gasteiger charge is -2.33. The summed E-state index contributed by atoms with van der Waals surface area (Å²) in [7, 11) is 0. The maximum atomic E-state index is 12.0. The van der Waals surface area contributed by atoms with Crippen LogP contribution < -0.4 is 0 Å². The number of hydrogen-bond acceptors (Lipinski definition) is 3. The Morgan fingerprint density at radius 2 is 1.52 bits per heavy atom. The molecule has 0 spiro atoms. The van der Waals surface area contributed by atoms with Crippen molar-refractivity contribution in [3.8, 4) is 0 Å². The molecule has 23 heavy (non-hydrogen) atoms. The van der Waals surface area contributed by atoms with Crippen LogP contribution in [0.1, 0.15) is 24.0 Å². The zero-order chi connectivity index (χ0) is 15.9. The van der Waals surface area contributed by atoms with Crippen LogP contribution in [-0.2, 0) is 27.3 Å². The average Bonchev–Trinajstić information content (AvgIpc) is 2.55. The highest BCUT2D eigenvalue weighted by Gasteiger charge is 2.36. The van der Waals surface area contributed by atoms with Gasteiger partial charge in [-0.05, 0) is 24.0 Å². The lowest BCUT2D eigenvalue weighted by molar-refractivity contribution is -0.158. The van der Waals surface area contributed by atoms with E-state index in [1.165, 1.54) is 11.1 Å². The zero-order valence-electron chi connectivity index (χ0n) is 13.2. The van der Waals surface area contributed by atoms with Gasteiger partial charge in [0, 0.05) is 6.42 Å². The molecule has 0 atom stereocenters. The quantitative estimate of drug-likeness (QED) is 0.730. The first-order valence-electron chi connectivity index (χ1n) is 8.17. The standard InChI is InChI=1S/C20H22O3/c21-20(22-12-11-16-7-3-1-4-8-16)18-13-19(14-18)23-15-17-9-5-2-6-10-17/h1-10,18-19H,11-15H2. The molecule has 1 saturated carbocycles. The molecule has 0 saturated heterocycles. The van der Waals surface area contributed by atoms with Gasteiger partial charge in [-0.25, -0.2) is 0 Å². The molecule has 2 aromatic rings. The fourth-order valence-electron chi connectivity index (χ4n) is 2.71. The maximum Gasteiger partial charge on any atom is 0.309 e. The SMILES string of the molecule is O=C(OCCc1ccccc1)C1CC(OCc2ccccc2)C1. The third-order valence-electron chi connectivity index (χ3n) is 4.23. The van der Waals surface area contributed by atoms with Crippen LogP contribution in [0.5, 0.6) is 0 Å². The van der Waals surface area contributed by atoms with E-state index in [1.54, 1.807) is 0 Å². The number of carbonyl (C=O) groups is 1. The van der Waals surface area contributed by atoms with Crippen molar-refractivity contribution in [2.45, 2.75) is 32.0 Å². The topological polar surface area (TPSA) is 35.5 Å². The van der Waals surface area contributed by atoms with Gasteiger partial charge in [0.25, 0.3) is 0 Å². The van der Waals surface area contributed by atoms with E-state index in [2.05, 4.69) is 0 Å². The largest absolute Gasteiger partial charge is 0.465 e. The highest BCUT2D eigenvalue weighted by molar-refractivity contribution is 5.73. The molecule has 2 aromatic carbocycles. The molecular formula is C20H22O3. The lowest BCUT2D eigenvalue weighted by atomic mass is 9.82. The Bertz CT molecular complexity index is 603. The minimum atomic E-state index is -0.0829. The van der Waals surface area contributed by atoms with Crippen LogP contribution in [0.15, 0.2) is 60.7 Å². The summed E-state index contributed by atoms with van der Waals surface area (Å²) in [6.45, 7) is 1.07. The molecule has 3 rings (SSSR count). The van der Waals surface area contributed by atoms with Gasteiger partial charge in [-0.3, -0.25) is 4.79 Å². The molecule has 0 unspecified atom stereocenters. The molecule has 0 heterocycles. The van der Waals surface area contributed by atoms with Gasteiger partial charge in [-0.1, -0.05) is 60.7 Å². The Labute approximate surface area is 137 Å². The summed E-state index contributed by atoms with van der Waals surface area (Å²) in [5.74, 6) is -0.0768. The molecule has 120 valence electrons. The molecule has 0 radical (unpaired) electrons. The summed E-state index contributed by atoms with van der Waals surface area (Å²) in [5.41, 5.74) is 2.36. The molecule has 0 amide bonds. The van der Waals surface area contributed by atoms with Gasteiger partial charge in [-0.2, -0.15) is 0 Å². The van der Waals surface area contributed by atoms with Gasteiger partial charge in [0.15, 0.2) is 0 Å². The van der Waals surface area contributed by atoms with Crippen LogP contribution in [0.2, 0.25) is 0 Å². The van der Waals surface area contributed by atoms with Crippen molar-refractivity contribution >= 4 is 5.97 Å². The first kappa shape index (κ1) is 15.8. The minimum absolute atomic E-state index is 0.00606. The second-order valence-corrected chi connectivity index (χ2v) is 5.99. The predicted octanol–water partition coefficient (Wildman–Crippen LogP) is 3.77. The summed E-state index contributed by atoms with van der Waals surface area (Å²) in [6, 6.07) is 20.2. The minimum Gasteiger partial charge on any atom is -0.465 e. The number of ether oxygens (including phenoxy) is 2. The summed E-state index contributed by atoms with van der Waals surface area (Å²) in [4.78, 5) is 12.0. The Kier molecular flexibility index (Phi) is 5.43. The van der Waals surface area contributed by atoms with Crippen LogP contribution in [0.4, 0.5) is 0 Å². The number of hydrogen-bond donors (Lipinski definition) is 0. The number of rotatable bonds is 7. The fraction of sp³-hybridized carbons (Fsp3) is 0.350. The second kappa shape index (κ2) is 7.93. The first-order chi connectivity index (χ1) is 11.3. The Morgan fingerprint density at radius 3 is 2.17 bits per heavy atom. The summed E-state index contributed by atoms with van der Waals surface area (Å²) in [6.07, 6.45) is 2.50. The summed E-state index contributed by atoms with van der Waals surface area (Å²) in [5, 5.41) is 0. The van der Waals surface area contributed by atoms with Crippen LogP contribution in [0.25, 0.3) is 0 Å². The lowest BCUT2D eigenvalue weighted by Crippen LogP contribution is -2.37. The number of carbonyl (C=O) groups excluding carboxylic acids is 1. The van der Waals surface area contributed by atoms with E-state index in [0.717, 1.165) is 19.3 Å². The molecule has 1 aliphatic rings. The molecule has 3 nitrogen and oxygen atoms in total. The Balaban J connectivity index is 1.30. The maximum absolute atomic E-state index is 12.0. The second-order valence-electron chi connectivity index (χ2n) is 5.99. The number of esters is 1. The van der Waals surface area contributed by atoms with Crippen molar-refractivity contribution in [2.75, 3.05) is 6.61 Å². The van der Waals surface area contributed by atoms with E-state index in [1.807, 2.05) is 60.7 Å². The summed E-state index contributed by atoms with van der Waals surface area (Å²) >= 11 is 0. The van der Waals surface area contributed by atoms with Gasteiger partial charge in [0.2, 0.25) is 0 Å². The molecule has 1 aliphatic carbocycles. The molecule has 0 N–H and O–H groups in total. The van der Waals surface area contributed by atoms with Crippen molar-refractivity contribution < 1.29 is 14.3 Å². The van der Waals surface area contributed by atoms with Gasteiger partial charge in [0.05, 0.1) is 25.2 Å². The molecule has 1 fully saturated rings. The van der Waals surface area contributed by atoms with Gasteiger partial charge < -0.3 is 9.47 Å². The summed E-state index contributed by atoms with van der Waals surface area (Å²) < 4.78 is 11.2. The third-order valence-corrected chi connectivity index (χ3v) is 4.23. The monoisotopic (exact) mass is 310 g/mol. The van der Waals surface area contributed by atoms with Gasteiger partial charge >= 0.3 is 5.97 Å². The van der Waals surface area contributed by atoms with Crippen LogP contribution in [0.3, 0.4) is 0 Å². The van der Waals surface area contributed by atoms with E-state index in [0.29, 0.717) is 13.2 Å². The Hall–Kier alpha value is -2.13. The smallest absolute Gasteiger partial charge is 0.309 e. The molecule has 0 bridgehead atoms. The molecule has 3 heteroatoms. The third kappa shape index (κ3) is 4.67. The number of benzene rings is 2. The average molecular weight is 310 g/mol. The van der Waals surface area contributed by atoms with Crippen molar-refractivity contribution in [2.24, 2.45) is 5.92 Å². The zero-order valence-corrected chi connectivity index (χ0v) is 13.2. The molecular weight excluding hydrogens is 288 g/mol. The van der Waals surface area contributed by atoms with E-state index >= 15 is 0 Å². The molecule has 0 aliphatic heterocycles. The normalized spacial score (nSPS) is 19.8. The van der Waals surface area contributed by atoms with Crippen LogP contribution in [0, 0.1) is 5.92 Å². The fourth-order valence-corrected chi connectivity index (χ4v) is 2.71. The first-order valence-corrected chi connectivity index (χ1v) is 8.17. The molecule has 0 aromatic heterocycles. The van der Waals surface area contributed by atoms with Crippen molar-refractivity contribution in [1.29, 1.82) is 0 Å². The highest BCUT2D eigenvalue weighted by Crippen LogP contribution is 2.31. The predicted molar refractivity (Wildman–Crippen MR) is 88.8 cm³/mol. The highest BCUT2D eigenvalue weighted by atomic mass is 16.5.